The standard InChI is InChI=1S/C11H27N3/c1-9(2)4-5-11(13)6-10(3)7-14-8-12/h9-11,14H,4-8,12-13H2,1-3H3. The normalized spacial score (nSPS) is 15.9. The van der Waals surface area contributed by atoms with Crippen LogP contribution in [-0.2, 0) is 0 Å². The van der Waals surface area contributed by atoms with E-state index in [0.29, 0.717) is 18.6 Å². The van der Waals surface area contributed by atoms with Crippen molar-refractivity contribution in [1.82, 2.24) is 5.32 Å². The zero-order valence-electron chi connectivity index (χ0n) is 9.92. The summed E-state index contributed by atoms with van der Waals surface area (Å²) in [7, 11) is 0. The van der Waals surface area contributed by atoms with Gasteiger partial charge in [0.25, 0.3) is 0 Å². The van der Waals surface area contributed by atoms with Crippen LogP contribution in [0, 0.1) is 11.8 Å². The Bertz CT molecular complexity index is 126. The van der Waals surface area contributed by atoms with Gasteiger partial charge in [-0.1, -0.05) is 20.8 Å². The average Bonchev–Trinajstić information content (AvgIpc) is 2.11. The molecule has 0 spiro atoms. The number of nitrogens with two attached hydrogens (primary N) is 2. The third-order valence-corrected chi connectivity index (χ3v) is 2.46. The second kappa shape index (κ2) is 8.21. The Morgan fingerprint density at radius 3 is 2.29 bits per heavy atom. The van der Waals surface area contributed by atoms with Crippen LogP contribution >= 0.6 is 0 Å². The number of rotatable bonds is 8. The maximum Gasteiger partial charge on any atom is 0.0428 e. The maximum absolute atomic E-state index is 6.04. The summed E-state index contributed by atoms with van der Waals surface area (Å²) in [5, 5.41) is 3.14. The minimum atomic E-state index is 0.354. The second-order valence-electron chi connectivity index (χ2n) is 4.73. The molecule has 0 aliphatic heterocycles. The van der Waals surface area contributed by atoms with E-state index in [0.717, 1.165) is 25.3 Å². The van der Waals surface area contributed by atoms with Crippen molar-refractivity contribution in [2.45, 2.75) is 46.1 Å². The molecule has 0 amide bonds. The van der Waals surface area contributed by atoms with Gasteiger partial charge in [0, 0.05) is 12.7 Å². The Morgan fingerprint density at radius 2 is 1.79 bits per heavy atom. The molecule has 14 heavy (non-hydrogen) atoms. The van der Waals surface area contributed by atoms with Gasteiger partial charge in [-0.25, -0.2) is 0 Å². The average molecular weight is 201 g/mol. The van der Waals surface area contributed by atoms with Crippen LogP contribution in [0.3, 0.4) is 0 Å². The van der Waals surface area contributed by atoms with E-state index in [1.165, 1.54) is 6.42 Å². The van der Waals surface area contributed by atoms with Crippen LogP contribution in [0.15, 0.2) is 0 Å². The fourth-order valence-corrected chi connectivity index (χ4v) is 1.60. The van der Waals surface area contributed by atoms with Gasteiger partial charge in [0.15, 0.2) is 0 Å². The van der Waals surface area contributed by atoms with E-state index in [-0.39, 0.29) is 0 Å². The van der Waals surface area contributed by atoms with Gasteiger partial charge in [0.1, 0.15) is 0 Å². The summed E-state index contributed by atoms with van der Waals surface area (Å²) >= 11 is 0. The highest BCUT2D eigenvalue weighted by atomic mass is 14.9. The highest BCUT2D eigenvalue weighted by Crippen LogP contribution is 2.11. The molecule has 3 heteroatoms. The fraction of sp³-hybridized carbons (Fsp3) is 1.00. The Hall–Kier alpha value is -0.120. The van der Waals surface area contributed by atoms with Crippen molar-refractivity contribution in [3.8, 4) is 0 Å². The van der Waals surface area contributed by atoms with E-state index >= 15 is 0 Å². The summed E-state index contributed by atoms with van der Waals surface area (Å²) < 4.78 is 0. The van der Waals surface area contributed by atoms with Gasteiger partial charge in [-0.3, -0.25) is 0 Å². The van der Waals surface area contributed by atoms with Crippen LogP contribution in [0.1, 0.15) is 40.0 Å². The largest absolute Gasteiger partial charge is 0.328 e. The molecule has 0 saturated carbocycles. The minimum absolute atomic E-state index is 0.354. The zero-order chi connectivity index (χ0) is 11.0. The third-order valence-electron chi connectivity index (χ3n) is 2.46. The van der Waals surface area contributed by atoms with Gasteiger partial charge in [-0.2, -0.15) is 0 Å². The molecular formula is C11H27N3. The molecule has 0 saturated heterocycles. The first-order valence-corrected chi connectivity index (χ1v) is 5.72. The van der Waals surface area contributed by atoms with Crippen molar-refractivity contribution in [3.05, 3.63) is 0 Å². The molecule has 0 aromatic rings. The first kappa shape index (κ1) is 13.9. The fourth-order valence-electron chi connectivity index (χ4n) is 1.60. The first-order chi connectivity index (χ1) is 6.56. The summed E-state index contributed by atoms with van der Waals surface area (Å²) in [6, 6.07) is 0.354. The van der Waals surface area contributed by atoms with Crippen LogP contribution < -0.4 is 16.8 Å². The lowest BCUT2D eigenvalue weighted by atomic mass is 9.96. The molecule has 0 aliphatic rings. The molecule has 2 unspecified atom stereocenters. The third kappa shape index (κ3) is 8.48. The molecule has 0 radical (unpaired) electrons. The summed E-state index contributed by atoms with van der Waals surface area (Å²) in [4.78, 5) is 0. The van der Waals surface area contributed by atoms with Crippen LogP contribution in [0.4, 0.5) is 0 Å². The highest BCUT2D eigenvalue weighted by molar-refractivity contribution is 4.67. The Morgan fingerprint density at radius 1 is 1.14 bits per heavy atom. The topological polar surface area (TPSA) is 64.1 Å². The molecule has 0 aliphatic carbocycles. The molecule has 0 heterocycles. The molecule has 0 rings (SSSR count). The van der Waals surface area contributed by atoms with E-state index in [2.05, 4.69) is 26.1 Å². The highest BCUT2D eigenvalue weighted by Gasteiger charge is 2.09. The Balaban J connectivity index is 3.44. The number of hydrogen-bond donors (Lipinski definition) is 3. The molecule has 0 aromatic carbocycles. The quantitative estimate of drug-likeness (QED) is 0.518. The molecule has 0 aromatic heterocycles. The summed E-state index contributed by atoms with van der Waals surface area (Å²) in [5.74, 6) is 1.39. The van der Waals surface area contributed by atoms with Gasteiger partial charge in [0.2, 0.25) is 0 Å². The lowest BCUT2D eigenvalue weighted by Gasteiger charge is -2.18. The van der Waals surface area contributed by atoms with Gasteiger partial charge >= 0.3 is 0 Å². The predicted molar refractivity (Wildman–Crippen MR) is 62.9 cm³/mol. The van der Waals surface area contributed by atoms with Crippen molar-refractivity contribution in [1.29, 1.82) is 0 Å². The van der Waals surface area contributed by atoms with Crippen molar-refractivity contribution >= 4 is 0 Å². The van der Waals surface area contributed by atoms with Gasteiger partial charge < -0.3 is 16.8 Å². The lowest BCUT2D eigenvalue weighted by Crippen LogP contribution is -2.31. The smallest absolute Gasteiger partial charge is 0.0428 e. The monoisotopic (exact) mass is 201 g/mol. The molecule has 3 nitrogen and oxygen atoms in total. The second-order valence-corrected chi connectivity index (χ2v) is 4.73. The van der Waals surface area contributed by atoms with E-state index in [4.69, 9.17) is 11.5 Å². The van der Waals surface area contributed by atoms with Crippen LogP contribution in [-0.4, -0.2) is 19.3 Å². The first-order valence-electron chi connectivity index (χ1n) is 5.72. The predicted octanol–water partition coefficient (Wildman–Crippen LogP) is 1.28. The van der Waals surface area contributed by atoms with Gasteiger partial charge in [-0.15, -0.1) is 0 Å². The van der Waals surface area contributed by atoms with E-state index in [1.54, 1.807) is 0 Å². The van der Waals surface area contributed by atoms with Crippen LogP contribution in [0.5, 0.6) is 0 Å². The van der Waals surface area contributed by atoms with Crippen LogP contribution in [0.25, 0.3) is 0 Å². The summed E-state index contributed by atoms with van der Waals surface area (Å²) in [6.07, 6.45) is 3.47. The van der Waals surface area contributed by atoms with Crippen LogP contribution in [0.2, 0.25) is 0 Å². The summed E-state index contributed by atoms with van der Waals surface area (Å²) in [5.41, 5.74) is 11.4. The molecule has 0 fully saturated rings. The number of nitrogens with one attached hydrogen (secondary N) is 1. The SMILES string of the molecule is CC(C)CCC(N)CC(C)CNCN. The molecule has 86 valence electrons. The Labute approximate surface area is 88.6 Å². The molecule has 0 bridgehead atoms. The van der Waals surface area contributed by atoms with Crippen molar-refractivity contribution < 1.29 is 0 Å². The minimum Gasteiger partial charge on any atom is -0.328 e. The van der Waals surface area contributed by atoms with Gasteiger partial charge in [-0.05, 0) is 37.6 Å². The molecule has 5 N–H and O–H groups in total. The lowest BCUT2D eigenvalue weighted by molar-refractivity contribution is 0.401. The van der Waals surface area contributed by atoms with E-state index in [9.17, 15) is 0 Å². The maximum atomic E-state index is 6.04. The van der Waals surface area contributed by atoms with Crippen molar-refractivity contribution in [2.75, 3.05) is 13.2 Å². The van der Waals surface area contributed by atoms with Crippen molar-refractivity contribution in [2.24, 2.45) is 23.3 Å². The van der Waals surface area contributed by atoms with E-state index in [1.807, 2.05) is 0 Å². The van der Waals surface area contributed by atoms with Gasteiger partial charge in [0.05, 0.1) is 0 Å². The molecule has 2 atom stereocenters. The summed E-state index contributed by atoms with van der Waals surface area (Å²) in [6.45, 7) is 8.24. The zero-order valence-corrected chi connectivity index (χ0v) is 9.92. The Kier molecular flexibility index (Phi) is 8.14. The molecular weight excluding hydrogens is 174 g/mol. The van der Waals surface area contributed by atoms with Crippen molar-refractivity contribution in [3.63, 3.8) is 0 Å². The number of hydrogen-bond acceptors (Lipinski definition) is 3. The van der Waals surface area contributed by atoms with E-state index < -0.39 is 0 Å².